The zero-order chi connectivity index (χ0) is 18.8. The van der Waals surface area contributed by atoms with Crippen molar-refractivity contribution in [1.29, 1.82) is 0 Å². The van der Waals surface area contributed by atoms with Crippen LogP contribution in [0.15, 0.2) is 75.2 Å². The fraction of sp³-hybridized carbons (Fsp3) is 0.100. The maximum absolute atomic E-state index is 5.98. The molecule has 136 valence electrons. The minimum absolute atomic E-state index is 0.603. The maximum Gasteiger partial charge on any atom is 0.200 e. The molecule has 2 aromatic heterocycles. The summed E-state index contributed by atoms with van der Waals surface area (Å²) in [7, 11) is 0. The van der Waals surface area contributed by atoms with Crippen LogP contribution in [0.4, 0.5) is 0 Å². The molecule has 0 aliphatic carbocycles. The van der Waals surface area contributed by atoms with Crippen LogP contribution in [0.3, 0.4) is 0 Å². The van der Waals surface area contributed by atoms with Gasteiger partial charge in [-0.15, -0.1) is 16.8 Å². The molecule has 4 rings (SSSR count). The van der Waals surface area contributed by atoms with Crippen molar-refractivity contribution in [3.63, 3.8) is 0 Å². The van der Waals surface area contributed by atoms with Crippen LogP contribution in [0.1, 0.15) is 5.56 Å². The quantitative estimate of drug-likeness (QED) is 0.241. The molecule has 0 unspecified atom stereocenters. The lowest BCUT2D eigenvalue weighted by Gasteiger charge is -2.06. The molecule has 0 saturated heterocycles. The van der Waals surface area contributed by atoms with Gasteiger partial charge in [0.05, 0.1) is 0 Å². The Morgan fingerprint density at radius 3 is 2.74 bits per heavy atom. The van der Waals surface area contributed by atoms with E-state index < -0.39 is 0 Å². The van der Waals surface area contributed by atoms with E-state index in [4.69, 9.17) is 16.0 Å². The number of halogens is 2. The highest BCUT2D eigenvalue weighted by Gasteiger charge is 2.17. The monoisotopic (exact) mass is 459 g/mol. The Bertz CT molecular complexity index is 1100. The van der Waals surface area contributed by atoms with Crippen LogP contribution in [0, 0.1) is 0 Å². The molecule has 0 N–H and O–H groups in total. The molecule has 0 spiro atoms. The first-order valence-electron chi connectivity index (χ1n) is 8.25. The Kier molecular flexibility index (Phi) is 5.38. The van der Waals surface area contributed by atoms with E-state index >= 15 is 0 Å². The molecule has 0 amide bonds. The summed E-state index contributed by atoms with van der Waals surface area (Å²) < 4.78 is 9.01. The van der Waals surface area contributed by atoms with Gasteiger partial charge in [0.25, 0.3) is 0 Å². The second-order valence-corrected chi connectivity index (χ2v) is 8.21. The molecule has 0 bridgehead atoms. The number of aromatic nitrogens is 3. The predicted molar refractivity (Wildman–Crippen MR) is 114 cm³/mol. The van der Waals surface area contributed by atoms with Crippen LogP contribution >= 0.6 is 39.3 Å². The third kappa shape index (κ3) is 3.98. The molecule has 4 nitrogen and oxygen atoms in total. The molecule has 27 heavy (non-hydrogen) atoms. The fourth-order valence-electron chi connectivity index (χ4n) is 2.72. The molecule has 2 aromatic carbocycles. The van der Waals surface area contributed by atoms with Crippen molar-refractivity contribution >= 4 is 50.3 Å². The van der Waals surface area contributed by atoms with Crippen molar-refractivity contribution in [2.24, 2.45) is 0 Å². The summed E-state index contributed by atoms with van der Waals surface area (Å²) in [6.07, 6.45) is 1.83. The average molecular weight is 461 g/mol. The highest BCUT2D eigenvalue weighted by molar-refractivity contribution is 9.10. The number of nitrogens with zero attached hydrogens (tertiary/aromatic N) is 3. The summed E-state index contributed by atoms with van der Waals surface area (Å²) in [6, 6.07) is 15.7. The Hall–Kier alpha value is -2.02. The van der Waals surface area contributed by atoms with E-state index in [1.807, 2.05) is 59.2 Å². The van der Waals surface area contributed by atoms with Crippen molar-refractivity contribution in [2.75, 3.05) is 0 Å². The van der Waals surface area contributed by atoms with Gasteiger partial charge in [0.15, 0.2) is 10.9 Å². The molecule has 7 heteroatoms. The van der Waals surface area contributed by atoms with E-state index in [0.29, 0.717) is 18.1 Å². The summed E-state index contributed by atoms with van der Waals surface area (Å²) in [6.45, 7) is 4.46. The molecule has 0 atom stereocenters. The van der Waals surface area contributed by atoms with Crippen molar-refractivity contribution in [2.45, 2.75) is 17.5 Å². The van der Waals surface area contributed by atoms with Crippen molar-refractivity contribution in [3.05, 3.63) is 76.2 Å². The van der Waals surface area contributed by atoms with E-state index in [1.54, 1.807) is 11.8 Å². The standard InChI is InChI=1S/C20H15BrClN3OS/c1-2-9-25-19(18-11-14-10-15(21)5-8-17(14)26-18)23-24-20(25)27-12-13-3-6-16(22)7-4-13/h2-8,10-11H,1,9,12H2. The lowest BCUT2D eigenvalue weighted by atomic mass is 10.2. The zero-order valence-corrected chi connectivity index (χ0v) is 17.4. The number of thioether (sulfide) groups is 1. The number of furan rings is 1. The Morgan fingerprint density at radius 2 is 1.96 bits per heavy atom. The van der Waals surface area contributed by atoms with E-state index in [9.17, 15) is 0 Å². The highest BCUT2D eigenvalue weighted by Crippen LogP contribution is 2.31. The first-order valence-corrected chi connectivity index (χ1v) is 10.4. The number of fused-ring (bicyclic) bond motifs is 1. The van der Waals surface area contributed by atoms with E-state index in [0.717, 1.165) is 31.4 Å². The molecule has 0 saturated carbocycles. The summed E-state index contributed by atoms with van der Waals surface area (Å²) in [4.78, 5) is 0. The normalized spacial score (nSPS) is 11.2. The number of rotatable bonds is 6. The summed E-state index contributed by atoms with van der Waals surface area (Å²) in [5.41, 5.74) is 1.99. The van der Waals surface area contributed by atoms with Crippen molar-refractivity contribution in [3.8, 4) is 11.6 Å². The van der Waals surface area contributed by atoms with E-state index in [-0.39, 0.29) is 0 Å². The third-order valence-corrected chi connectivity index (χ3v) is 5.79. The highest BCUT2D eigenvalue weighted by atomic mass is 79.9. The van der Waals surface area contributed by atoms with Crippen LogP contribution in [0.2, 0.25) is 5.02 Å². The van der Waals surface area contributed by atoms with Gasteiger partial charge in [-0.25, -0.2) is 0 Å². The van der Waals surface area contributed by atoms with Gasteiger partial charge in [-0.05, 0) is 42.0 Å². The number of allylic oxidation sites excluding steroid dienone is 1. The maximum atomic E-state index is 5.98. The van der Waals surface area contributed by atoms with Gasteiger partial charge in [-0.1, -0.05) is 57.5 Å². The molecule has 4 aromatic rings. The van der Waals surface area contributed by atoms with Gasteiger partial charge >= 0.3 is 0 Å². The first kappa shape index (κ1) is 18.3. The van der Waals surface area contributed by atoms with Crippen molar-refractivity contribution < 1.29 is 4.42 Å². The molecule has 0 aliphatic heterocycles. The Balaban J connectivity index is 1.64. The van der Waals surface area contributed by atoms with E-state index in [1.165, 1.54) is 5.56 Å². The second-order valence-electron chi connectivity index (χ2n) is 5.91. The number of benzene rings is 2. The van der Waals surface area contributed by atoms with Crippen LogP contribution in [-0.4, -0.2) is 14.8 Å². The van der Waals surface area contributed by atoms with Crippen molar-refractivity contribution in [1.82, 2.24) is 14.8 Å². The number of hydrogen-bond acceptors (Lipinski definition) is 4. The van der Waals surface area contributed by atoms with Crippen LogP contribution in [-0.2, 0) is 12.3 Å². The fourth-order valence-corrected chi connectivity index (χ4v) is 4.13. The lowest BCUT2D eigenvalue weighted by molar-refractivity contribution is 0.613. The minimum atomic E-state index is 0.603. The molecule has 0 radical (unpaired) electrons. The first-order chi connectivity index (χ1) is 13.1. The SMILES string of the molecule is C=CCn1c(SCc2ccc(Cl)cc2)nnc1-c1cc2cc(Br)ccc2o1. The topological polar surface area (TPSA) is 43.9 Å². The number of hydrogen-bond donors (Lipinski definition) is 0. The summed E-state index contributed by atoms with van der Waals surface area (Å²) in [5.74, 6) is 2.16. The van der Waals surface area contributed by atoms with E-state index in [2.05, 4.69) is 32.7 Å². The minimum Gasteiger partial charge on any atom is -0.453 e. The van der Waals surface area contributed by atoms with Gasteiger partial charge in [0.1, 0.15) is 5.58 Å². The largest absolute Gasteiger partial charge is 0.453 e. The lowest BCUT2D eigenvalue weighted by Crippen LogP contribution is -2.00. The van der Waals surface area contributed by atoms with Gasteiger partial charge in [-0.2, -0.15) is 0 Å². The Morgan fingerprint density at radius 1 is 1.15 bits per heavy atom. The molecule has 0 aliphatic rings. The molecule has 0 fully saturated rings. The van der Waals surface area contributed by atoms with Crippen LogP contribution < -0.4 is 0 Å². The average Bonchev–Trinajstić information content (AvgIpc) is 3.25. The third-order valence-electron chi connectivity index (χ3n) is 4.01. The van der Waals surface area contributed by atoms with Gasteiger partial charge in [0, 0.05) is 27.2 Å². The summed E-state index contributed by atoms with van der Waals surface area (Å²) in [5, 5.41) is 11.3. The van der Waals surface area contributed by atoms with Gasteiger partial charge in [0.2, 0.25) is 5.82 Å². The molecular formula is C20H15BrClN3OS. The zero-order valence-electron chi connectivity index (χ0n) is 14.2. The smallest absolute Gasteiger partial charge is 0.200 e. The van der Waals surface area contributed by atoms with Crippen LogP contribution in [0.5, 0.6) is 0 Å². The van der Waals surface area contributed by atoms with Gasteiger partial charge < -0.3 is 4.42 Å². The Labute approximate surface area is 174 Å². The molecular weight excluding hydrogens is 446 g/mol. The summed E-state index contributed by atoms with van der Waals surface area (Å²) >= 11 is 11.1. The predicted octanol–water partition coefficient (Wildman–Crippen LogP) is 6.59. The second kappa shape index (κ2) is 7.92. The van der Waals surface area contributed by atoms with Crippen LogP contribution in [0.25, 0.3) is 22.6 Å². The molecule has 2 heterocycles. The van der Waals surface area contributed by atoms with Gasteiger partial charge in [-0.3, -0.25) is 4.57 Å².